The summed E-state index contributed by atoms with van der Waals surface area (Å²) in [5, 5.41) is 11.0. The van der Waals surface area contributed by atoms with Crippen LogP contribution in [0.2, 0.25) is 0 Å². The number of aliphatic hydroxyl groups excluding tert-OH is 1. The van der Waals surface area contributed by atoms with Crippen molar-refractivity contribution < 1.29 is 19.4 Å². The van der Waals surface area contributed by atoms with Gasteiger partial charge in [-0.15, -0.1) is 0 Å². The largest absolute Gasteiger partial charge is 0.507 e. The fourth-order valence-corrected chi connectivity index (χ4v) is 4.02. The fourth-order valence-electron chi connectivity index (χ4n) is 4.02. The summed E-state index contributed by atoms with van der Waals surface area (Å²) in [6, 6.07) is 6.06. The molecule has 0 radical (unpaired) electrons. The van der Waals surface area contributed by atoms with Gasteiger partial charge in [0.25, 0.3) is 0 Å². The third-order valence-corrected chi connectivity index (χ3v) is 5.48. The molecular weight excluding hydrogens is 304 g/mol. The maximum Gasteiger partial charge on any atom is 0.343 e. The lowest BCUT2D eigenvalue weighted by atomic mass is 9.80. The summed E-state index contributed by atoms with van der Waals surface area (Å²) in [7, 11) is 1.70. The Labute approximate surface area is 143 Å². The second kappa shape index (κ2) is 6.60. The first-order valence-electron chi connectivity index (χ1n) is 8.87. The summed E-state index contributed by atoms with van der Waals surface area (Å²) in [5.41, 5.74) is 2.55. The molecule has 1 aliphatic carbocycles. The van der Waals surface area contributed by atoms with Crippen molar-refractivity contribution in [1.29, 1.82) is 0 Å². The Morgan fingerprint density at radius 3 is 2.29 bits per heavy atom. The summed E-state index contributed by atoms with van der Waals surface area (Å²) < 4.78 is 11.1. The molecule has 130 valence electrons. The summed E-state index contributed by atoms with van der Waals surface area (Å²) in [6.07, 6.45) is 4.61. The first kappa shape index (κ1) is 17.0. The molecule has 1 spiro atoms. The third kappa shape index (κ3) is 2.63. The van der Waals surface area contributed by atoms with Crippen molar-refractivity contribution in [3.05, 3.63) is 40.6 Å². The highest BCUT2D eigenvalue weighted by Gasteiger charge is 2.51. The minimum Gasteiger partial charge on any atom is -0.507 e. The maximum atomic E-state index is 12.7. The van der Waals surface area contributed by atoms with E-state index in [0.29, 0.717) is 18.4 Å². The monoisotopic (exact) mass is 330 g/mol. The fraction of sp³-hybridized carbons (Fsp3) is 0.550. The first-order chi connectivity index (χ1) is 11.6. The van der Waals surface area contributed by atoms with Gasteiger partial charge < -0.3 is 14.6 Å². The van der Waals surface area contributed by atoms with Gasteiger partial charge in [-0.25, -0.2) is 4.79 Å². The number of aryl methyl sites for hydroxylation is 2. The van der Waals surface area contributed by atoms with Crippen molar-refractivity contribution in [3.63, 3.8) is 0 Å². The molecule has 0 amide bonds. The Balaban J connectivity index is 2.07. The number of esters is 1. The normalized spacial score (nSPS) is 27.0. The van der Waals surface area contributed by atoms with Gasteiger partial charge in [0.1, 0.15) is 5.57 Å². The zero-order valence-electron chi connectivity index (χ0n) is 14.7. The summed E-state index contributed by atoms with van der Waals surface area (Å²) in [4.78, 5) is 12.7. The summed E-state index contributed by atoms with van der Waals surface area (Å²) >= 11 is 0. The van der Waals surface area contributed by atoms with E-state index in [-0.39, 0.29) is 17.8 Å². The minimum absolute atomic E-state index is 0.123. The minimum atomic E-state index is -0.854. The van der Waals surface area contributed by atoms with E-state index in [4.69, 9.17) is 9.47 Å². The van der Waals surface area contributed by atoms with E-state index in [9.17, 15) is 9.90 Å². The van der Waals surface area contributed by atoms with Crippen LogP contribution in [0.1, 0.15) is 56.2 Å². The quantitative estimate of drug-likeness (QED) is 0.849. The standard InChI is InChI=1S/C20H26O4/c1-4-13-7-6-8-14(5-2)16(13)17-18(21)20(24-19(17)22)11-9-15(23-3)10-12-20/h6-8,15,21H,4-5,9-12H2,1-3H3. The average molecular weight is 330 g/mol. The molecule has 1 aromatic carbocycles. The lowest BCUT2D eigenvalue weighted by molar-refractivity contribution is -0.151. The number of benzene rings is 1. The van der Waals surface area contributed by atoms with Gasteiger partial charge in [-0.2, -0.15) is 0 Å². The van der Waals surface area contributed by atoms with Crippen molar-refractivity contribution in [2.24, 2.45) is 0 Å². The van der Waals surface area contributed by atoms with Crippen LogP contribution in [0.15, 0.2) is 24.0 Å². The number of ether oxygens (including phenoxy) is 2. The van der Waals surface area contributed by atoms with Crippen LogP contribution in [-0.2, 0) is 27.1 Å². The molecule has 3 rings (SSSR count). The molecule has 1 aromatic rings. The van der Waals surface area contributed by atoms with Crippen molar-refractivity contribution >= 4 is 11.5 Å². The molecule has 1 heterocycles. The number of carbonyl (C=O) groups is 1. The molecule has 24 heavy (non-hydrogen) atoms. The van der Waals surface area contributed by atoms with Gasteiger partial charge in [0.05, 0.1) is 6.10 Å². The van der Waals surface area contributed by atoms with E-state index in [1.807, 2.05) is 18.2 Å². The van der Waals surface area contributed by atoms with Crippen LogP contribution in [0.3, 0.4) is 0 Å². The van der Waals surface area contributed by atoms with Crippen molar-refractivity contribution in [2.75, 3.05) is 7.11 Å². The van der Waals surface area contributed by atoms with Gasteiger partial charge in [0, 0.05) is 7.11 Å². The zero-order chi connectivity index (χ0) is 17.3. The van der Waals surface area contributed by atoms with E-state index < -0.39 is 5.60 Å². The molecule has 0 aromatic heterocycles. The van der Waals surface area contributed by atoms with E-state index in [2.05, 4.69) is 13.8 Å². The Morgan fingerprint density at radius 2 is 1.79 bits per heavy atom. The van der Waals surface area contributed by atoms with Crippen molar-refractivity contribution in [1.82, 2.24) is 0 Å². The molecule has 4 heteroatoms. The summed E-state index contributed by atoms with van der Waals surface area (Å²) in [6.45, 7) is 4.13. The first-order valence-corrected chi connectivity index (χ1v) is 8.87. The van der Waals surface area contributed by atoms with Gasteiger partial charge >= 0.3 is 5.97 Å². The van der Waals surface area contributed by atoms with E-state index in [0.717, 1.165) is 42.4 Å². The van der Waals surface area contributed by atoms with E-state index in [1.54, 1.807) is 7.11 Å². The van der Waals surface area contributed by atoms with Crippen LogP contribution in [0, 0.1) is 0 Å². The number of methoxy groups -OCH3 is 1. The molecule has 4 nitrogen and oxygen atoms in total. The molecule has 0 saturated heterocycles. The highest BCUT2D eigenvalue weighted by molar-refractivity contribution is 6.20. The molecular formula is C20H26O4. The number of hydrogen-bond donors (Lipinski definition) is 1. The van der Waals surface area contributed by atoms with Gasteiger partial charge in [0.15, 0.2) is 11.4 Å². The number of carbonyl (C=O) groups excluding carboxylic acids is 1. The average Bonchev–Trinajstić information content (AvgIpc) is 2.84. The van der Waals surface area contributed by atoms with Crippen LogP contribution in [-0.4, -0.2) is 29.9 Å². The predicted molar refractivity (Wildman–Crippen MR) is 92.8 cm³/mol. The van der Waals surface area contributed by atoms with Gasteiger partial charge in [-0.3, -0.25) is 0 Å². The molecule has 1 fully saturated rings. The lowest BCUT2D eigenvalue weighted by Gasteiger charge is -2.35. The second-order valence-corrected chi connectivity index (χ2v) is 6.70. The topological polar surface area (TPSA) is 55.8 Å². The Kier molecular flexibility index (Phi) is 4.68. The second-order valence-electron chi connectivity index (χ2n) is 6.70. The molecule has 1 saturated carbocycles. The Bertz CT molecular complexity index is 644. The van der Waals surface area contributed by atoms with Crippen LogP contribution < -0.4 is 0 Å². The smallest absolute Gasteiger partial charge is 0.343 e. The maximum absolute atomic E-state index is 12.7. The Hall–Kier alpha value is -1.81. The molecule has 0 atom stereocenters. The number of hydrogen-bond acceptors (Lipinski definition) is 4. The van der Waals surface area contributed by atoms with Crippen LogP contribution in [0.5, 0.6) is 0 Å². The summed E-state index contributed by atoms with van der Waals surface area (Å²) in [5.74, 6) is -0.267. The van der Waals surface area contributed by atoms with Gasteiger partial charge in [0.2, 0.25) is 0 Å². The Morgan fingerprint density at radius 1 is 1.21 bits per heavy atom. The SMILES string of the molecule is CCc1cccc(CC)c1C1=C(O)C2(CCC(OC)CC2)OC1=O. The zero-order valence-corrected chi connectivity index (χ0v) is 14.7. The molecule has 1 aliphatic heterocycles. The molecule has 2 aliphatic rings. The molecule has 1 N–H and O–H groups in total. The highest BCUT2D eigenvalue weighted by Crippen LogP contribution is 2.46. The van der Waals surface area contributed by atoms with Gasteiger partial charge in [-0.05, 0) is 55.2 Å². The third-order valence-electron chi connectivity index (χ3n) is 5.48. The number of rotatable bonds is 4. The highest BCUT2D eigenvalue weighted by atomic mass is 16.6. The van der Waals surface area contributed by atoms with Crippen LogP contribution in [0.25, 0.3) is 5.57 Å². The molecule has 0 unspecified atom stereocenters. The van der Waals surface area contributed by atoms with Crippen molar-refractivity contribution in [2.45, 2.75) is 64.1 Å². The van der Waals surface area contributed by atoms with E-state index in [1.165, 1.54) is 0 Å². The van der Waals surface area contributed by atoms with Gasteiger partial charge in [-0.1, -0.05) is 32.0 Å². The van der Waals surface area contributed by atoms with Crippen LogP contribution >= 0.6 is 0 Å². The van der Waals surface area contributed by atoms with Crippen LogP contribution in [0.4, 0.5) is 0 Å². The predicted octanol–water partition coefficient (Wildman–Crippen LogP) is 3.97. The lowest BCUT2D eigenvalue weighted by Crippen LogP contribution is -2.38. The van der Waals surface area contributed by atoms with Crippen molar-refractivity contribution in [3.8, 4) is 0 Å². The molecule has 0 bridgehead atoms. The number of aliphatic hydroxyl groups is 1. The van der Waals surface area contributed by atoms with E-state index >= 15 is 0 Å².